The summed E-state index contributed by atoms with van der Waals surface area (Å²) in [4.78, 5) is 19.2. The Balaban J connectivity index is 1.000. The summed E-state index contributed by atoms with van der Waals surface area (Å²) >= 11 is 0. The van der Waals surface area contributed by atoms with Gasteiger partial charge in [-0.05, 0) is 103 Å². The molecule has 0 N–H and O–H groups in total. The molecule has 0 spiro atoms. The van der Waals surface area contributed by atoms with Gasteiger partial charge in [0.2, 0.25) is 0 Å². The Morgan fingerprint density at radius 3 is 1.21 bits per heavy atom. The maximum atomic E-state index is 5.00. The third kappa shape index (κ3) is 7.14. The van der Waals surface area contributed by atoms with Gasteiger partial charge in [0, 0.05) is 29.1 Å². The average Bonchev–Trinajstić information content (AvgIpc) is 3.73. The zero-order valence-corrected chi connectivity index (χ0v) is 34.4. The standard InChI is InChI=1S/C59H40N4/c1-5-16-42(17-6-1)56-61-57(43-18-7-2-8-19-43)63-58(62-56)50-25-15-23-47(38-50)45-21-13-20-44(36-45)46-22-14-24-49(37-46)54-40-59(51-26-9-3-10-27-51,52-28-11-4-12-29-52)55-31-30-48(39-53(54)55)41-32-34-60-35-33-41/h1-40H. The fraction of sp³-hybridized carbons (Fsp3) is 0.0169. The second-order valence-corrected chi connectivity index (χ2v) is 15.9. The zero-order valence-electron chi connectivity index (χ0n) is 34.4. The van der Waals surface area contributed by atoms with Crippen molar-refractivity contribution >= 4 is 5.57 Å². The highest BCUT2D eigenvalue weighted by atomic mass is 15.0. The number of aromatic nitrogens is 4. The van der Waals surface area contributed by atoms with Gasteiger partial charge < -0.3 is 0 Å². The molecule has 1 aliphatic rings. The van der Waals surface area contributed by atoms with E-state index in [-0.39, 0.29) is 0 Å². The number of benzene rings is 8. The first-order chi connectivity index (χ1) is 31.2. The van der Waals surface area contributed by atoms with Crippen LogP contribution in [0, 0.1) is 0 Å². The third-order valence-electron chi connectivity index (χ3n) is 12.1. The molecule has 2 heterocycles. The fourth-order valence-corrected chi connectivity index (χ4v) is 9.01. The monoisotopic (exact) mass is 804 g/mol. The molecule has 2 aromatic heterocycles. The second-order valence-electron chi connectivity index (χ2n) is 15.9. The normalized spacial score (nSPS) is 12.7. The van der Waals surface area contributed by atoms with Crippen LogP contribution in [0.2, 0.25) is 0 Å². The molecule has 0 atom stereocenters. The molecule has 1 aliphatic carbocycles. The minimum atomic E-state index is -0.479. The molecule has 0 saturated carbocycles. The topological polar surface area (TPSA) is 51.6 Å². The van der Waals surface area contributed by atoms with E-state index in [2.05, 4.69) is 175 Å². The van der Waals surface area contributed by atoms with Gasteiger partial charge in [0.1, 0.15) is 0 Å². The van der Waals surface area contributed by atoms with Crippen molar-refractivity contribution in [1.29, 1.82) is 0 Å². The van der Waals surface area contributed by atoms with Crippen molar-refractivity contribution in [3.05, 3.63) is 271 Å². The number of fused-ring (bicyclic) bond motifs is 1. The predicted octanol–water partition coefficient (Wildman–Crippen LogP) is 14.0. The Morgan fingerprint density at radius 1 is 0.286 bits per heavy atom. The molecule has 10 aromatic rings. The van der Waals surface area contributed by atoms with Crippen LogP contribution in [0.4, 0.5) is 0 Å². The van der Waals surface area contributed by atoms with Gasteiger partial charge >= 0.3 is 0 Å². The van der Waals surface area contributed by atoms with Gasteiger partial charge in [-0.25, -0.2) is 15.0 Å². The summed E-state index contributed by atoms with van der Waals surface area (Å²) in [6.45, 7) is 0. The third-order valence-corrected chi connectivity index (χ3v) is 12.1. The van der Waals surface area contributed by atoms with Crippen LogP contribution in [0.25, 0.3) is 73.1 Å². The Bertz CT molecular complexity index is 3160. The van der Waals surface area contributed by atoms with Crippen LogP contribution in [-0.4, -0.2) is 19.9 Å². The Morgan fingerprint density at radius 2 is 0.683 bits per heavy atom. The maximum absolute atomic E-state index is 5.00. The van der Waals surface area contributed by atoms with Crippen LogP contribution in [0.15, 0.2) is 243 Å². The van der Waals surface area contributed by atoms with Crippen LogP contribution >= 0.6 is 0 Å². The molecule has 8 aromatic carbocycles. The first kappa shape index (κ1) is 37.6. The average molecular weight is 805 g/mol. The van der Waals surface area contributed by atoms with Crippen molar-refractivity contribution in [3.8, 4) is 67.5 Å². The molecule has 0 saturated heterocycles. The summed E-state index contributed by atoms with van der Waals surface area (Å²) < 4.78 is 0. The summed E-state index contributed by atoms with van der Waals surface area (Å²) in [6, 6.07) is 79.4. The molecule has 0 aliphatic heterocycles. The Hall–Kier alpha value is -8.34. The first-order valence-corrected chi connectivity index (χ1v) is 21.3. The van der Waals surface area contributed by atoms with Crippen molar-refractivity contribution in [1.82, 2.24) is 19.9 Å². The molecule has 11 rings (SSSR count). The van der Waals surface area contributed by atoms with Crippen LogP contribution in [-0.2, 0) is 5.41 Å². The van der Waals surface area contributed by atoms with E-state index in [0.29, 0.717) is 17.5 Å². The summed E-state index contributed by atoms with van der Waals surface area (Å²) in [5.41, 5.74) is 16.5. The maximum Gasteiger partial charge on any atom is 0.164 e. The zero-order chi connectivity index (χ0) is 42.0. The number of allylic oxidation sites excluding steroid dienone is 1. The van der Waals surface area contributed by atoms with E-state index in [0.717, 1.165) is 50.1 Å². The number of hydrogen-bond acceptors (Lipinski definition) is 4. The van der Waals surface area contributed by atoms with Gasteiger partial charge in [0.25, 0.3) is 0 Å². The Kier molecular flexibility index (Phi) is 9.72. The van der Waals surface area contributed by atoms with Gasteiger partial charge in [0.05, 0.1) is 5.41 Å². The number of rotatable bonds is 9. The van der Waals surface area contributed by atoms with Gasteiger partial charge in [-0.2, -0.15) is 0 Å². The second kappa shape index (κ2) is 16.3. The highest BCUT2D eigenvalue weighted by Gasteiger charge is 2.41. The molecule has 0 radical (unpaired) electrons. The summed E-state index contributed by atoms with van der Waals surface area (Å²) in [5.74, 6) is 1.92. The highest BCUT2D eigenvalue weighted by Crippen LogP contribution is 2.52. The van der Waals surface area contributed by atoms with Gasteiger partial charge in [-0.3, -0.25) is 4.98 Å². The van der Waals surface area contributed by atoms with Crippen LogP contribution in [0.1, 0.15) is 27.8 Å². The fourth-order valence-electron chi connectivity index (χ4n) is 9.01. The minimum Gasteiger partial charge on any atom is -0.265 e. The van der Waals surface area contributed by atoms with Crippen molar-refractivity contribution in [2.75, 3.05) is 0 Å². The lowest BCUT2D eigenvalue weighted by Crippen LogP contribution is -2.25. The van der Waals surface area contributed by atoms with E-state index >= 15 is 0 Å². The van der Waals surface area contributed by atoms with Crippen molar-refractivity contribution in [2.45, 2.75) is 5.41 Å². The molecular weight excluding hydrogens is 765 g/mol. The van der Waals surface area contributed by atoms with Crippen molar-refractivity contribution in [3.63, 3.8) is 0 Å². The molecular formula is C59H40N4. The summed E-state index contributed by atoms with van der Waals surface area (Å²) in [6.07, 6.45) is 6.22. The smallest absolute Gasteiger partial charge is 0.164 e. The lowest BCUT2D eigenvalue weighted by Gasteiger charge is -2.31. The van der Waals surface area contributed by atoms with E-state index in [1.807, 2.05) is 73.1 Å². The Labute approximate surface area is 367 Å². The predicted molar refractivity (Wildman–Crippen MR) is 257 cm³/mol. The summed E-state index contributed by atoms with van der Waals surface area (Å²) in [7, 11) is 0. The van der Waals surface area contributed by atoms with Gasteiger partial charge in [-0.1, -0.05) is 194 Å². The lowest BCUT2D eigenvalue weighted by atomic mass is 9.71. The molecule has 4 heteroatoms. The van der Waals surface area contributed by atoms with E-state index in [9.17, 15) is 0 Å². The van der Waals surface area contributed by atoms with E-state index < -0.39 is 5.41 Å². The highest BCUT2D eigenvalue weighted by molar-refractivity contribution is 5.93. The molecule has 0 fully saturated rings. The largest absolute Gasteiger partial charge is 0.265 e. The quantitative estimate of drug-likeness (QED) is 0.146. The van der Waals surface area contributed by atoms with Gasteiger partial charge in [0.15, 0.2) is 17.5 Å². The van der Waals surface area contributed by atoms with Crippen molar-refractivity contribution in [2.24, 2.45) is 0 Å². The number of nitrogens with zero attached hydrogens (tertiary/aromatic N) is 4. The van der Waals surface area contributed by atoms with Crippen molar-refractivity contribution < 1.29 is 0 Å². The molecule has 0 unspecified atom stereocenters. The lowest BCUT2D eigenvalue weighted by molar-refractivity contribution is 0.794. The number of hydrogen-bond donors (Lipinski definition) is 0. The molecule has 0 bridgehead atoms. The number of pyridine rings is 1. The van der Waals surface area contributed by atoms with Crippen LogP contribution < -0.4 is 0 Å². The first-order valence-electron chi connectivity index (χ1n) is 21.3. The van der Waals surface area contributed by atoms with E-state index in [4.69, 9.17) is 15.0 Å². The molecule has 63 heavy (non-hydrogen) atoms. The molecule has 296 valence electrons. The van der Waals surface area contributed by atoms with Crippen LogP contribution in [0.5, 0.6) is 0 Å². The molecule has 0 amide bonds. The minimum absolute atomic E-state index is 0.479. The van der Waals surface area contributed by atoms with E-state index in [1.165, 1.54) is 33.4 Å². The van der Waals surface area contributed by atoms with Gasteiger partial charge in [-0.15, -0.1) is 0 Å². The molecule has 4 nitrogen and oxygen atoms in total. The van der Waals surface area contributed by atoms with E-state index in [1.54, 1.807) is 0 Å². The summed E-state index contributed by atoms with van der Waals surface area (Å²) in [5, 5.41) is 0. The SMILES string of the molecule is C1=C(c2cccc(-c3cccc(-c4cccc(-c5nc(-c6ccccc6)nc(-c6ccccc6)n5)c4)c3)c2)c2cc(-c3ccncc3)ccc2C1(c1ccccc1)c1ccccc1. The van der Waals surface area contributed by atoms with Crippen LogP contribution in [0.3, 0.4) is 0 Å².